The summed E-state index contributed by atoms with van der Waals surface area (Å²) in [6, 6.07) is 4.72. The van der Waals surface area contributed by atoms with Crippen LogP contribution in [0, 0.1) is 0 Å². The van der Waals surface area contributed by atoms with Crippen molar-refractivity contribution < 1.29 is 22.4 Å². The third-order valence-corrected chi connectivity index (χ3v) is 5.88. The lowest BCUT2D eigenvalue weighted by molar-refractivity contribution is -0.141. The molecule has 0 spiro atoms. The van der Waals surface area contributed by atoms with Gasteiger partial charge in [0.15, 0.2) is 11.6 Å². The lowest BCUT2D eigenvalue weighted by Crippen LogP contribution is -2.41. The highest BCUT2D eigenvalue weighted by molar-refractivity contribution is 5.93. The number of halogens is 3. The quantitative estimate of drug-likeness (QED) is 0.522. The maximum Gasteiger partial charge on any atom is 0.437 e. The van der Waals surface area contributed by atoms with Crippen molar-refractivity contribution in [1.29, 1.82) is 0 Å². The van der Waals surface area contributed by atoms with Crippen LogP contribution in [-0.4, -0.2) is 41.7 Å². The molecule has 1 saturated carbocycles. The highest BCUT2D eigenvalue weighted by Gasteiger charge is 2.46. The average Bonchev–Trinajstić information content (AvgIpc) is 3.18. The summed E-state index contributed by atoms with van der Waals surface area (Å²) in [7, 11) is 0. The topological polar surface area (TPSA) is 92.3 Å². The van der Waals surface area contributed by atoms with Crippen LogP contribution in [0.15, 0.2) is 41.3 Å². The van der Waals surface area contributed by atoms with E-state index in [4.69, 9.17) is 4.42 Å². The summed E-state index contributed by atoms with van der Waals surface area (Å²) in [4.78, 5) is 30.5. The van der Waals surface area contributed by atoms with E-state index >= 15 is 0 Å². The number of imidazole rings is 2. The number of pyridine rings is 1. The largest absolute Gasteiger partial charge is 0.437 e. The van der Waals surface area contributed by atoms with Gasteiger partial charge in [0.05, 0.1) is 17.7 Å². The first-order valence-corrected chi connectivity index (χ1v) is 10.2. The number of hydrogen-bond acceptors (Lipinski definition) is 5. The molecule has 11 heteroatoms. The van der Waals surface area contributed by atoms with Crippen LogP contribution in [0.5, 0.6) is 0 Å². The zero-order valence-electron chi connectivity index (χ0n) is 16.6. The Labute approximate surface area is 179 Å². The molecule has 2 aliphatic rings. The second-order valence-corrected chi connectivity index (χ2v) is 8.05. The summed E-state index contributed by atoms with van der Waals surface area (Å²) < 4.78 is 48.3. The van der Waals surface area contributed by atoms with Crippen LogP contribution in [0.4, 0.5) is 13.2 Å². The molecule has 0 saturated heterocycles. The number of carbonyl (C=O) groups is 1. The summed E-state index contributed by atoms with van der Waals surface area (Å²) in [6.45, 7) is 0.184. The SMILES string of the molecule is O=C(c1oc(C2CC2)nc1C(F)(F)F)N1CCc2[nH]cnc2[C@H]1c1cn2ccccc2n1. The maximum absolute atomic E-state index is 13.7. The second-order valence-electron chi connectivity index (χ2n) is 8.05. The van der Waals surface area contributed by atoms with Crippen LogP contribution >= 0.6 is 0 Å². The molecular formula is C21H17F3N6O2. The minimum absolute atomic E-state index is 0.0255. The molecular weight excluding hydrogens is 425 g/mol. The highest BCUT2D eigenvalue weighted by Crippen LogP contribution is 2.43. The number of oxazole rings is 1. The summed E-state index contributed by atoms with van der Waals surface area (Å²) in [5.74, 6) is -1.83. The summed E-state index contributed by atoms with van der Waals surface area (Å²) in [6.07, 6.45) is 2.12. The number of aromatic amines is 1. The molecule has 164 valence electrons. The van der Waals surface area contributed by atoms with Crippen molar-refractivity contribution in [2.45, 2.75) is 37.4 Å². The fourth-order valence-corrected chi connectivity index (χ4v) is 4.19. The molecule has 1 fully saturated rings. The van der Waals surface area contributed by atoms with E-state index in [-0.39, 0.29) is 18.4 Å². The van der Waals surface area contributed by atoms with Crippen molar-refractivity contribution in [3.05, 3.63) is 71.3 Å². The molecule has 0 bridgehead atoms. The Balaban J connectivity index is 1.46. The van der Waals surface area contributed by atoms with Gasteiger partial charge in [-0.25, -0.2) is 15.0 Å². The van der Waals surface area contributed by atoms with Gasteiger partial charge in [-0.2, -0.15) is 13.2 Å². The molecule has 8 nitrogen and oxygen atoms in total. The molecule has 1 aliphatic carbocycles. The van der Waals surface area contributed by atoms with E-state index in [2.05, 4.69) is 19.9 Å². The van der Waals surface area contributed by atoms with Gasteiger partial charge >= 0.3 is 6.18 Å². The van der Waals surface area contributed by atoms with Gasteiger partial charge in [-0.3, -0.25) is 4.79 Å². The molecule has 1 amide bonds. The molecule has 0 unspecified atom stereocenters. The fourth-order valence-electron chi connectivity index (χ4n) is 4.19. The smallest absolute Gasteiger partial charge is 0.435 e. The zero-order chi connectivity index (χ0) is 22.0. The Morgan fingerprint density at radius 1 is 1.22 bits per heavy atom. The molecule has 0 aromatic carbocycles. The zero-order valence-corrected chi connectivity index (χ0v) is 16.6. The number of hydrogen-bond donors (Lipinski definition) is 1. The molecule has 4 aromatic rings. The van der Waals surface area contributed by atoms with E-state index in [9.17, 15) is 18.0 Å². The Morgan fingerprint density at radius 3 is 2.81 bits per heavy atom. The third-order valence-electron chi connectivity index (χ3n) is 5.88. The highest BCUT2D eigenvalue weighted by atomic mass is 19.4. The Bertz CT molecular complexity index is 1300. The van der Waals surface area contributed by atoms with Gasteiger partial charge < -0.3 is 18.7 Å². The van der Waals surface area contributed by atoms with E-state index in [1.807, 2.05) is 24.4 Å². The molecule has 5 heterocycles. The lowest BCUT2D eigenvalue weighted by Gasteiger charge is -2.33. The van der Waals surface area contributed by atoms with Crippen molar-refractivity contribution in [1.82, 2.24) is 29.2 Å². The number of nitrogens with one attached hydrogen (secondary N) is 1. The number of alkyl halides is 3. The number of nitrogens with zero attached hydrogens (tertiary/aromatic N) is 5. The van der Waals surface area contributed by atoms with Gasteiger partial charge in [0.1, 0.15) is 11.7 Å². The third kappa shape index (κ3) is 2.99. The van der Waals surface area contributed by atoms with Crippen LogP contribution in [0.1, 0.15) is 64.0 Å². The number of rotatable bonds is 3. The first-order chi connectivity index (χ1) is 15.4. The number of carbonyl (C=O) groups excluding carboxylic acids is 1. The number of H-pyrrole nitrogens is 1. The molecule has 4 aromatic heterocycles. The molecule has 6 rings (SSSR count). The van der Waals surface area contributed by atoms with Gasteiger partial charge in [-0.05, 0) is 25.0 Å². The monoisotopic (exact) mass is 442 g/mol. The predicted octanol–water partition coefficient (Wildman–Crippen LogP) is 3.73. The van der Waals surface area contributed by atoms with Crippen LogP contribution in [0.25, 0.3) is 5.65 Å². The van der Waals surface area contributed by atoms with E-state index in [1.54, 1.807) is 10.6 Å². The van der Waals surface area contributed by atoms with Crippen molar-refractivity contribution in [2.24, 2.45) is 0 Å². The van der Waals surface area contributed by atoms with Crippen LogP contribution in [0.2, 0.25) is 0 Å². The number of amides is 1. The standard InChI is InChI=1S/C21H17F3N6O2/c22-21(23,24)18-17(32-19(28-18)11-4-5-11)20(31)30-8-6-12-15(26-10-25-12)16(30)13-9-29-7-2-1-3-14(29)27-13/h1-3,7,9-11,16H,4-6,8H2,(H,25,26)/t16-/m1/s1. The maximum atomic E-state index is 13.7. The fraction of sp³-hybridized carbons (Fsp3) is 0.333. The van der Waals surface area contributed by atoms with Gasteiger partial charge in [-0.15, -0.1) is 0 Å². The molecule has 1 N–H and O–H groups in total. The van der Waals surface area contributed by atoms with E-state index in [0.29, 0.717) is 36.3 Å². The second kappa shape index (κ2) is 6.68. The first kappa shape index (κ1) is 19.1. The van der Waals surface area contributed by atoms with Crippen molar-refractivity contribution in [3.8, 4) is 0 Å². The van der Waals surface area contributed by atoms with Gasteiger partial charge in [0, 0.05) is 37.0 Å². The predicted molar refractivity (Wildman–Crippen MR) is 104 cm³/mol. The number of aromatic nitrogens is 5. The van der Waals surface area contributed by atoms with E-state index in [1.165, 1.54) is 11.2 Å². The van der Waals surface area contributed by atoms with Crippen LogP contribution in [-0.2, 0) is 12.6 Å². The minimum atomic E-state index is -4.80. The van der Waals surface area contributed by atoms with Crippen LogP contribution < -0.4 is 0 Å². The summed E-state index contributed by atoms with van der Waals surface area (Å²) in [5, 5.41) is 0. The first-order valence-electron chi connectivity index (χ1n) is 10.2. The number of fused-ring (bicyclic) bond motifs is 2. The summed E-state index contributed by atoms with van der Waals surface area (Å²) >= 11 is 0. The van der Waals surface area contributed by atoms with Gasteiger partial charge in [-0.1, -0.05) is 6.07 Å². The normalized spacial score (nSPS) is 18.8. The summed E-state index contributed by atoms with van der Waals surface area (Å²) in [5.41, 5.74) is 1.27. The Kier molecular flexibility index (Phi) is 3.99. The Morgan fingerprint density at radius 2 is 2.06 bits per heavy atom. The minimum Gasteiger partial charge on any atom is -0.435 e. The van der Waals surface area contributed by atoms with Crippen molar-refractivity contribution in [2.75, 3.05) is 6.54 Å². The lowest BCUT2D eigenvalue weighted by atomic mass is 9.99. The van der Waals surface area contributed by atoms with Gasteiger partial charge in [0.2, 0.25) is 5.76 Å². The average molecular weight is 442 g/mol. The molecule has 1 atom stereocenters. The van der Waals surface area contributed by atoms with Gasteiger partial charge in [0.25, 0.3) is 5.91 Å². The van der Waals surface area contributed by atoms with Crippen molar-refractivity contribution >= 4 is 11.6 Å². The molecule has 0 radical (unpaired) electrons. The van der Waals surface area contributed by atoms with E-state index in [0.717, 1.165) is 5.69 Å². The molecule has 32 heavy (non-hydrogen) atoms. The van der Waals surface area contributed by atoms with Crippen molar-refractivity contribution in [3.63, 3.8) is 0 Å². The van der Waals surface area contributed by atoms with Crippen LogP contribution in [0.3, 0.4) is 0 Å². The van der Waals surface area contributed by atoms with E-state index < -0.39 is 29.6 Å². The molecule has 1 aliphatic heterocycles. The Hall–Kier alpha value is -3.63.